The van der Waals surface area contributed by atoms with Gasteiger partial charge in [0, 0.05) is 37.9 Å². The number of amides is 2. The Morgan fingerprint density at radius 2 is 1.49 bits per heavy atom. The van der Waals surface area contributed by atoms with Crippen molar-refractivity contribution in [1.29, 1.82) is 0 Å². The highest BCUT2D eigenvalue weighted by atomic mass is 35.5. The summed E-state index contributed by atoms with van der Waals surface area (Å²) in [6.45, 7) is 5.54. The summed E-state index contributed by atoms with van der Waals surface area (Å²) in [5.74, 6) is 1.92. The summed E-state index contributed by atoms with van der Waals surface area (Å²) >= 11 is 6.54. The molecule has 0 unspecified atom stereocenters. The number of halogens is 1. The van der Waals surface area contributed by atoms with Crippen LogP contribution in [0.2, 0.25) is 5.02 Å². The molecule has 2 amide bonds. The molecule has 3 aromatic carbocycles. The van der Waals surface area contributed by atoms with Crippen LogP contribution < -0.4 is 40.5 Å². The van der Waals surface area contributed by atoms with Crippen molar-refractivity contribution in [2.75, 3.05) is 97.9 Å². The van der Waals surface area contributed by atoms with E-state index in [-0.39, 0.29) is 6.03 Å². The van der Waals surface area contributed by atoms with Crippen molar-refractivity contribution in [3.05, 3.63) is 71.9 Å². The number of methoxy groups -OCH3 is 2. The number of nitrogens with one attached hydrogen (secondary N) is 4. The Kier molecular flexibility index (Phi) is 10.3. The van der Waals surface area contributed by atoms with Gasteiger partial charge in [-0.05, 0) is 36.4 Å². The molecule has 246 valence electrons. The predicted molar refractivity (Wildman–Crippen MR) is 185 cm³/mol. The number of morpholine rings is 2. The van der Waals surface area contributed by atoms with Crippen molar-refractivity contribution >= 4 is 63.5 Å². The molecule has 13 nitrogen and oxygen atoms in total. The summed E-state index contributed by atoms with van der Waals surface area (Å²) in [7, 11) is 3.20. The van der Waals surface area contributed by atoms with E-state index in [1.165, 1.54) is 6.20 Å². The zero-order valence-electron chi connectivity index (χ0n) is 26.2. The fraction of sp³-hybridized carbons (Fsp3) is 0.303. The summed E-state index contributed by atoms with van der Waals surface area (Å²) in [6.07, 6.45) is 1.52. The minimum Gasteiger partial charge on any atom is -0.495 e. The third-order valence-electron chi connectivity index (χ3n) is 7.75. The normalized spacial score (nSPS) is 14.7. The van der Waals surface area contributed by atoms with Gasteiger partial charge in [0.05, 0.1) is 69.6 Å². The van der Waals surface area contributed by atoms with Crippen LogP contribution >= 0.6 is 11.6 Å². The van der Waals surface area contributed by atoms with Crippen LogP contribution in [0.4, 0.5) is 50.7 Å². The zero-order chi connectivity index (χ0) is 32.6. The van der Waals surface area contributed by atoms with E-state index >= 15 is 0 Å². The van der Waals surface area contributed by atoms with E-state index in [9.17, 15) is 4.79 Å². The van der Waals surface area contributed by atoms with Gasteiger partial charge in [0.25, 0.3) is 0 Å². The van der Waals surface area contributed by atoms with Crippen molar-refractivity contribution in [3.8, 4) is 11.5 Å². The lowest BCUT2D eigenvalue weighted by atomic mass is 10.2. The zero-order valence-corrected chi connectivity index (χ0v) is 27.0. The van der Waals surface area contributed by atoms with Crippen molar-refractivity contribution in [2.45, 2.75) is 0 Å². The minimum atomic E-state index is -0.376. The van der Waals surface area contributed by atoms with Gasteiger partial charge in [0.1, 0.15) is 22.2 Å². The molecule has 14 heteroatoms. The third-order valence-corrected chi connectivity index (χ3v) is 8.03. The highest BCUT2D eigenvalue weighted by Gasteiger charge is 2.21. The van der Waals surface area contributed by atoms with Gasteiger partial charge in [0.15, 0.2) is 5.82 Å². The number of carbonyl (C=O) groups excluding carboxylic acids is 1. The quantitative estimate of drug-likeness (QED) is 0.161. The molecule has 2 saturated heterocycles. The molecule has 4 N–H and O–H groups in total. The maximum atomic E-state index is 13.0. The van der Waals surface area contributed by atoms with Crippen LogP contribution in [0.25, 0.3) is 0 Å². The molecular weight excluding hydrogens is 624 g/mol. The van der Waals surface area contributed by atoms with Crippen LogP contribution in [0.5, 0.6) is 11.5 Å². The van der Waals surface area contributed by atoms with Gasteiger partial charge in [-0.25, -0.2) is 9.78 Å². The number of rotatable bonds is 10. The number of benzene rings is 3. The molecule has 0 aliphatic carbocycles. The number of aromatic nitrogens is 2. The molecule has 0 spiro atoms. The van der Waals surface area contributed by atoms with Gasteiger partial charge in [-0.1, -0.05) is 29.8 Å². The van der Waals surface area contributed by atoms with E-state index in [4.69, 9.17) is 30.5 Å². The Balaban J connectivity index is 1.16. The first-order valence-electron chi connectivity index (χ1n) is 15.3. The Hall–Kier alpha value is -4.98. The fourth-order valence-electron chi connectivity index (χ4n) is 5.48. The standard InChI is InChI=1S/C33H37ClN8O5/c1-44-28-9-5-7-26(30(28)42-14-18-47-19-15-42)37-31-23(34)21-35-32(40-31)38-25-11-10-22(20-29(25)45-2)36-33(43)39-24-6-3-4-8-27(24)41-12-16-46-17-13-41/h3-11,20-21H,12-19H2,1-2H3,(H2,36,39,43)(H2,35,37,38,40). The van der Waals surface area contributed by atoms with Crippen molar-refractivity contribution in [3.63, 3.8) is 0 Å². The Bertz CT molecular complexity index is 1700. The van der Waals surface area contributed by atoms with Crippen LogP contribution in [-0.2, 0) is 9.47 Å². The smallest absolute Gasteiger partial charge is 0.323 e. The molecule has 3 heterocycles. The second-order valence-corrected chi connectivity index (χ2v) is 11.1. The maximum Gasteiger partial charge on any atom is 0.323 e. The number of ether oxygens (including phenoxy) is 4. The molecule has 2 fully saturated rings. The van der Waals surface area contributed by atoms with Gasteiger partial charge in [-0.15, -0.1) is 0 Å². The molecule has 6 rings (SSSR count). The average molecular weight is 661 g/mol. The van der Waals surface area contributed by atoms with Gasteiger partial charge < -0.3 is 50.0 Å². The summed E-state index contributed by atoms with van der Waals surface area (Å²) in [5.41, 5.74) is 4.50. The first kappa shape index (κ1) is 32.0. The lowest BCUT2D eigenvalue weighted by Crippen LogP contribution is -2.37. The topological polar surface area (TPSA) is 134 Å². The van der Waals surface area contributed by atoms with E-state index in [1.54, 1.807) is 32.4 Å². The van der Waals surface area contributed by atoms with Gasteiger partial charge in [0.2, 0.25) is 5.95 Å². The molecular formula is C33H37ClN8O5. The second kappa shape index (κ2) is 15.1. The number of para-hydroxylation sites is 3. The number of urea groups is 1. The van der Waals surface area contributed by atoms with E-state index in [0.29, 0.717) is 66.0 Å². The van der Waals surface area contributed by atoms with Crippen LogP contribution in [0.1, 0.15) is 0 Å². The number of nitrogens with zero attached hydrogens (tertiary/aromatic N) is 4. The largest absolute Gasteiger partial charge is 0.495 e. The first-order chi connectivity index (χ1) is 23.0. The van der Waals surface area contributed by atoms with E-state index in [1.807, 2.05) is 42.5 Å². The van der Waals surface area contributed by atoms with Crippen LogP contribution in [-0.4, -0.2) is 82.8 Å². The molecule has 0 bridgehead atoms. The van der Waals surface area contributed by atoms with Crippen molar-refractivity contribution in [2.24, 2.45) is 0 Å². The second-order valence-electron chi connectivity index (χ2n) is 10.7. The SMILES string of the molecule is COc1cc(NC(=O)Nc2ccccc2N2CCOCC2)ccc1Nc1ncc(Cl)c(Nc2cccc(OC)c2N2CCOCC2)n1. The average Bonchev–Trinajstić information content (AvgIpc) is 3.11. The molecule has 0 atom stereocenters. The summed E-state index contributed by atoms with van der Waals surface area (Å²) in [5, 5.41) is 12.8. The highest BCUT2D eigenvalue weighted by Crippen LogP contribution is 2.39. The molecule has 47 heavy (non-hydrogen) atoms. The van der Waals surface area contributed by atoms with E-state index in [2.05, 4.69) is 41.0 Å². The van der Waals surface area contributed by atoms with Crippen molar-refractivity contribution in [1.82, 2.24) is 9.97 Å². The maximum absolute atomic E-state index is 13.0. The molecule has 0 radical (unpaired) electrons. The number of anilines is 8. The Morgan fingerprint density at radius 1 is 0.787 bits per heavy atom. The number of hydrogen-bond donors (Lipinski definition) is 4. The van der Waals surface area contributed by atoms with Crippen molar-refractivity contribution < 1.29 is 23.7 Å². The van der Waals surface area contributed by atoms with E-state index < -0.39 is 0 Å². The molecule has 1 aromatic heterocycles. The fourth-order valence-corrected chi connectivity index (χ4v) is 5.62. The first-order valence-corrected chi connectivity index (χ1v) is 15.6. The van der Waals surface area contributed by atoms with Gasteiger partial charge in [-0.2, -0.15) is 4.98 Å². The minimum absolute atomic E-state index is 0.296. The summed E-state index contributed by atoms with van der Waals surface area (Å²) in [4.78, 5) is 26.4. The van der Waals surface area contributed by atoms with Gasteiger partial charge >= 0.3 is 6.03 Å². The third kappa shape index (κ3) is 7.71. The van der Waals surface area contributed by atoms with E-state index in [0.717, 1.165) is 49.0 Å². The molecule has 2 aliphatic rings. The Labute approximate surface area is 278 Å². The summed E-state index contributed by atoms with van der Waals surface area (Å²) in [6, 6.07) is 18.4. The summed E-state index contributed by atoms with van der Waals surface area (Å²) < 4.78 is 22.3. The highest BCUT2D eigenvalue weighted by molar-refractivity contribution is 6.33. The number of carbonyl (C=O) groups is 1. The number of hydrogen-bond acceptors (Lipinski definition) is 11. The predicted octanol–water partition coefficient (Wildman–Crippen LogP) is 5.95. The van der Waals surface area contributed by atoms with Crippen LogP contribution in [0.3, 0.4) is 0 Å². The lowest BCUT2D eigenvalue weighted by Gasteiger charge is -2.31. The van der Waals surface area contributed by atoms with Gasteiger partial charge in [-0.3, -0.25) is 0 Å². The molecule has 4 aromatic rings. The monoisotopic (exact) mass is 660 g/mol. The van der Waals surface area contributed by atoms with Crippen LogP contribution in [0, 0.1) is 0 Å². The Morgan fingerprint density at radius 3 is 2.23 bits per heavy atom. The lowest BCUT2D eigenvalue weighted by molar-refractivity contribution is 0.122. The van der Waals surface area contributed by atoms with Crippen LogP contribution in [0.15, 0.2) is 66.9 Å². The molecule has 2 aliphatic heterocycles. The molecule has 0 saturated carbocycles.